The van der Waals surface area contributed by atoms with Gasteiger partial charge in [0.2, 0.25) is 35.4 Å². The van der Waals surface area contributed by atoms with Gasteiger partial charge in [0, 0.05) is 36.6 Å². The number of aromatic amines is 1. The molecule has 13 nitrogen and oxygen atoms in total. The number of nitrogens with one attached hydrogen (secondary N) is 5. The molecule has 3 saturated heterocycles. The molecule has 6 amide bonds. The maximum atomic E-state index is 14.3. The van der Waals surface area contributed by atoms with Crippen molar-refractivity contribution in [1.82, 2.24) is 36.1 Å². The Morgan fingerprint density at radius 1 is 0.708 bits per heavy atom. The predicted octanol–water partition coefficient (Wildman–Crippen LogP) is 1.37. The van der Waals surface area contributed by atoms with Crippen LogP contribution in [0.15, 0.2) is 30.5 Å². The fraction of sp³-hybridized carbons (Fsp3) is 0.600. The summed E-state index contributed by atoms with van der Waals surface area (Å²) in [6.07, 6.45) is 4.64. The van der Waals surface area contributed by atoms with Gasteiger partial charge in [0.05, 0.1) is 6.54 Å². The van der Waals surface area contributed by atoms with Crippen LogP contribution in [0.4, 0.5) is 0 Å². The summed E-state index contributed by atoms with van der Waals surface area (Å²) in [5.41, 5.74) is 1.71. The van der Waals surface area contributed by atoms with E-state index in [4.69, 9.17) is 0 Å². The van der Waals surface area contributed by atoms with Crippen molar-refractivity contribution in [2.75, 3.05) is 19.6 Å². The summed E-state index contributed by atoms with van der Waals surface area (Å²) in [5.74, 6) is -2.61. The second-order valence-corrected chi connectivity index (χ2v) is 14.2. The largest absolute Gasteiger partial charge is 0.361 e. The summed E-state index contributed by atoms with van der Waals surface area (Å²) >= 11 is 0. The molecule has 3 aliphatic heterocycles. The molecule has 48 heavy (non-hydrogen) atoms. The molecule has 0 bridgehead atoms. The van der Waals surface area contributed by atoms with Gasteiger partial charge in [-0.1, -0.05) is 45.9 Å². The number of fused-ring (bicyclic) bond motifs is 3. The molecular weight excluding hydrogens is 614 g/mol. The Hall–Kier alpha value is -4.42. The zero-order valence-electron chi connectivity index (χ0n) is 28.3. The Morgan fingerprint density at radius 3 is 1.96 bits per heavy atom. The minimum atomic E-state index is -1.03. The SMILES string of the molecule is CC(C)C[C@@H]1NC(=O)[C@@H]2CCCN2C(=O)[C@H](CC(C)C)NC(=O)CNC(=O)[C@@H]2CCCN2C(=O)[C@H](Cc2c[nH]c3ccccc23)NC1=O. The second-order valence-electron chi connectivity index (χ2n) is 14.2. The molecule has 5 rings (SSSR count). The first kappa shape index (κ1) is 34.9. The van der Waals surface area contributed by atoms with Crippen molar-refractivity contribution >= 4 is 46.3 Å². The molecule has 2 aromatic rings. The standard InChI is InChI=1S/C35H49N7O6/c1-20(2)15-25-31(44)40-27(17-22-18-36-24-10-6-5-9-23(22)24)35(48)41-13-7-11-28(41)32(45)37-19-30(43)38-26(16-21(3)4)34(47)42-14-8-12-29(42)33(46)39-25/h5-6,9-10,18,20-21,25-29,36H,7-8,11-17,19H2,1-4H3,(H,37,45)(H,38,43)(H,39,46)(H,40,44)/t25-,26-,27-,28-,29-/m0/s1. The maximum Gasteiger partial charge on any atom is 0.246 e. The van der Waals surface area contributed by atoms with Gasteiger partial charge in [0.25, 0.3) is 0 Å². The maximum absolute atomic E-state index is 14.3. The van der Waals surface area contributed by atoms with E-state index in [2.05, 4.69) is 26.3 Å². The minimum absolute atomic E-state index is 0.0280. The summed E-state index contributed by atoms with van der Waals surface area (Å²) in [5, 5.41) is 12.2. The molecule has 0 aliphatic carbocycles. The lowest BCUT2D eigenvalue weighted by Crippen LogP contribution is -2.60. The average molecular weight is 664 g/mol. The van der Waals surface area contributed by atoms with Crippen LogP contribution in [-0.2, 0) is 35.2 Å². The highest BCUT2D eigenvalue weighted by Crippen LogP contribution is 2.24. The van der Waals surface area contributed by atoms with Crippen molar-refractivity contribution in [3.8, 4) is 0 Å². The van der Waals surface area contributed by atoms with Crippen LogP contribution in [0.1, 0.15) is 71.8 Å². The number of carbonyl (C=O) groups excluding carboxylic acids is 6. The smallest absolute Gasteiger partial charge is 0.246 e. The van der Waals surface area contributed by atoms with Gasteiger partial charge in [-0.05, 0) is 62.0 Å². The molecule has 260 valence electrons. The van der Waals surface area contributed by atoms with Crippen LogP contribution in [-0.4, -0.2) is 100 Å². The van der Waals surface area contributed by atoms with Crippen LogP contribution < -0.4 is 21.3 Å². The molecule has 0 unspecified atom stereocenters. The van der Waals surface area contributed by atoms with E-state index in [1.807, 2.05) is 58.2 Å². The van der Waals surface area contributed by atoms with Crippen molar-refractivity contribution < 1.29 is 28.8 Å². The number of amides is 6. The fourth-order valence-electron chi connectivity index (χ4n) is 7.19. The van der Waals surface area contributed by atoms with E-state index in [1.54, 1.807) is 0 Å². The number of nitrogens with zero attached hydrogens (tertiary/aromatic N) is 2. The number of benzene rings is 1. The first-order valence-electron chi connectivity index (χ1n) is 17.3. The molecular formula is C35H49N7O6. The first-order valence-corrected chi connectivity index (χ1v) is 17.3. The number of carbonyl (C=O) groups is 6. The third-order valence-electron chi connectivity index (χ3n) is 9.49. The molecule has 5 N–H and O–H groups in total. The first-order chi connectivity index (χ1) is 22.9. The monoisotopic (exact) mass is 663 g/mol. The second kappa shape index (κ2) is 15.2. The Kier molecular flexibility index (Phi) is 11.1. The van der Waals surface area contributed by atoms with Crippen LogP contribution in [0.5, 0.6) is 0 Å². The number of aromatic nitrogens is 1. The number of para-hydroxylation sites is 1. The number of rotatable bonds is 6. The molecule has 13 heteroatoms. The van der Waals surface area contributed by atoms with Crippen molar-refractivity contribution in [3.63, 3.8) is 0 Å². The van der Waals surface area contributed by atoms with Crippen molar-refractivity contribution in [3.05, 3.63) is 36.0 Å². The van der Waals surface area contributed by atoms with Crippen LogP contribution in [0, 0.1) is 11.8 Å². The number of H-pyrrole nitrogens is 1. The van der Waals surface area contributed by atoms with Gasteiger partial charge in [-0.25, -0.2) is 0 Å². The van der Waals surface area contributed by atoms with Gasteiger partial charge in [-0.3, -0.25) is 28.8 Å². The van der Waals surface area contributed by atoms with Gasteiger partial charge in [-0.15, -0.1) is 0 Å². The molecule has 4 heterocycles. The van der Waals surface area contributed by atoms with E-state index < -0.39 is 59.7 Å². The van der Waals surface area contributed by atoms with Crippen LogP contribution >= 0.6 is 0 Å². The van der Waals surface area contributed by atoms with E-state index in [1.165, 1.54) is 9.80 Å². The van der Waals surface area contributed by atoms with Gasteiger partial charge >= 0.3 is 0 Å². The topological polar surface area (TPSA) is 173 Å². The molecule has 1 aromatic heterocycles. The highest BCUT2D eigenvalue weighted by atomic mass is 16.2. The molecule has 0 radical (unpaired) electrons. The predicted molar refractivity (Wildman–Crippen MR) is 179 cm³/mol. The van der Waals surface area contributed by atoms with Crippen molar-refractivity contribution in [2.24, 2.45) is 11.8 Å². The summed E-state index contributed by atoms with van der Waals surface area (Å²) in [4.78, 5) is 88.6. The zero-order valence-corrected chi connectivity index (χ0v) is 28.3. The van der Waals surface area contributed by atoms with Gasteiger partial charge in [0.15, 0.2) is 0 Å². The number of hydrogen-bond donors (Lipinski definition) is 5. The van der Waals surface area contributed by atoms with Crippen molar-refractivity contribution in [2.45, 2.75) is 103 Å². The normalized spacial score (nSPS) is 26.6. The Balaban J connectivity index is 1.49. The molecule has 0 saturated carbocycles. The third kappa shape index (κ3) is 7.99. The molecule has 3 fully saturated rings. The van der Waals surface area contributed by atoms with Crippen LogP contribution in [0.25, 0.3) is 10.9 Å². The average Bonchev–Trinajstić information content (AvgIpc) is 3.81. The summed E-state index contributed by atoms with van der Waals surface area (Å²) in [7, 11) is 0. The van der Waals surface area contributed by atoms with E-state index in [0.717, 1.165) is 16.5 Å². The van der Waals surface area contributed by atoms with E-state index >= 15 is 0 Å². The lowest BCUT2D eigenvalue weighted by Gasteiger charge is -2.32. The third-order valence-corrected chi connectivity index (χ3v) is 9.49. The molecule has 0 spiro atoms. The Morgan fingerprint density at radius 2 is 1.29 bits per heavy atom. The van der Waals surface area contributed by atoms with Crippen molar-refractivity contribution in [1.29, 1.82) is 0 Å². The number of hydrogen-bond acceptors (Lipinski definition) is 6. The van der Waals surface area contributed by atoms with Gasteiger partial charge in [-0.2, -0.15) is 0 Å². The highest BCUT2D eigenvalue weighted by molar-refractivity contribution is 5.98. The Labute approximate surface area is 281 Å². The molecule has 5 atom stereocenters. The van der Waals surface area contributed by atoms with E-state index in [9.17, 15) is 28.8 Å². The van der Waals surface area contributed by atoms with E-state index in [-0.39, 0.29) is 30.7 Å². The highest BCUT2D eigenvalue weighted by Gasteiger charge is 2.41. The molecule has 3 aliphatic rings. The Bertz CT molecular complexity index is 1540. The molecule has 1 aromatic carbocycles. The van der Waals surface area contributed by atoms with E-state index in [0.29, 0.717) is 51.6 Å². The van der Waals surface area contributed by atoms with Crippen LogP contribution in [0.3, 0.4) is 0 Å². The van der Waals surface area contributed by atoms with Gasteiger partial charge in [0.1, 0.15) is 30.2 Å². The zero-order chi connectivity index (χ0) is 34.5. The minimum Gasteiger partial charge on any atom is -0.361 e. The lowest BCUT2D eigenvalue weighted by molar-refractivity contribution is -0.144. The lowest BCUT2D eigenvalue weighted by atomic mass is 9.99. The summed E-state index contributed by atoms with van der Waals surface area (Å²) in [6, 6.07) is 3.17. The summed E-state index contributed by atoms with van der Waals surface area (Å²) < 4.78 is 0. The fourth-order valence-corrected chi connectivity index (χ4v) is 7.19. The van der Waals surface area contributed by atoms with Gasteiger partial charge < -0.3 is 36.1 Å². The quantitative estimate of drug-likeness (QED) is 0.312. The van der Waals surface area contributed by atoms with Crippen LogP contribution in [0.2, 0.25) is 0 Å². The summed E-state index contributed by atoms with van der Waals surface area (Å²) in [6.45, 7) is 8.06.